The van der Waals surface area contributed by atoms with Crippen LogP contribution in [0.5, 0.6) is 0 Å². The molecule has 0 aromatic heterocycles. The number of hydrogen-bond acceptors (Lipinski definition) is 5. The summed E-state index contributed by atoms with van der Waals surface area (Å²) < 4.78 is 27.0. The van der Waals surface area contributed by atoms with Crippen LogP contribution < -0.4 is 10.6 Å². The fraction of sp³-hybridized carbons (Fsp3) is 0.375. The summed E-state index contributed by atoms with van der Waals surface area (Å²) in [4.78, 5) is 39.6. The largest absolute Gasteiger partial charge is 0.325 e. The van der Waals surface area contributed by atoms with Crippen molar-refractivity contribution in [3.8, 4) is 0 Å². The van der Waals surface area contributed by atoms with Crippen LogP contribution in [0.2, 0.25) is 0 Å². The third kappa shape index (κ3) is 4.30. The van der Waals surface area contributed by atoms with Crippen molar-refractivity contribution in [2.75, 3.05) is 25.0 Å². The van der Waals surface area contributed by atoms with Crippen LogP contribution in [0.1, 0.15) is 37.3 Å². The number of carbonyl (C=O) groups excluding carboxylic acids is 3. The molecule has 0 radical (unpaired) electrons. The SMILES string of the molecule is CCC1(c2ccc(C)cc2)NC(=O)N(CC(=O)Nc2cccc(S(=O)(=O)N3CCCC3)c2)C1=O. The molecule has 2 aliphatic heterocycles. The molecule has 1 unspecified atom stereocenters. The summed E-state index contributed by atoms with van der Waals surface area (Å²) in [6, 6.07) is 12.7. The third-order valence-corrected chi connectivity index (χ3v) is 8.27. The molecule has 4 amide bonds. The number of urea groups is 1. The first-order chi connectivity index (χ1) is 16.2. The van der Waals surface area contributed by atoms with Gasteiger partial charge in [0, 0.05) is 18.8 Å². The lowest BCUT2D eigenvalue weighted by Gasteiger charge is -2.26. The number of carbonyl (C=O) groups is 3. The molecule has 0 spiro atoms. The molecule has 4 rings (SSSR count). The van der Waals surface area contributed by atoms with Crippen LogP contribution in [0.15, 0.2) is 53.4 Å². The Hall–Kier alpha value is -3.24. The van der Waals surface area contributed by atoms with Crippen molar-refractivity contribution in [2.45, 2.75) is 43.5 Å². The van der Waals surface area contributed by atoms with Crippen molar-refractivity contribution < 1.29 is 22.8 Å². The molecular weight excluding hydrogens is 456 g/mol. The number of imide groups is 1. The molecular formula is C24H28N4O5S. The molecule has 2 saturated heterocycles. The Balaban J connectivity index is 1.49. The van der Waals surface area contributed by atoms with Crippen LogP contribution >= 0.6 is 0 Å². The predicted octanol–water partition coefficient (Wildman–Crippen LogP) is 2.58. The van der Waals surface area contributed by atoms with Gasteiger partial charge in [-0.2, -0.15) is 4.31 Å². The van der Waals surface area contributed by atoms with Crippen LogP contribution in [0, 0.1) is 6.92 Å². The number of hydrogen-bond donors (Lipinski definition) is 2. The highest BCUT2D eigenvalue weighted by Crippen LogP contribution is 2.32. The quantitative estimate of drug-likeness (QED) is 0.586. The Labute approximate surface area is 199 Å². The van der Waals surface area contributed by atoms with Gasteiger partial charge in [0.15, 0.2) is 0 Å². The summed E-state index contributed by atoms with van der Waals surface area (Å²) in [5.41, 5.74) is 0.727. The summed E-state index contributed by atoms with van der Waals surface area (Å²) in [6.07, 6.45) is 1.97. The zero-order valence-electron chi connectivity index (χ0n) is 19.2. The first-order valence-corrected chi connectivity index (χ1v) is 12.7. The molecule has 0 bridgehead atoms. The fourth-order valence-electron chi connectivity index (χ4n) is 4.40. The van der Waals surface area contributed by atoms with Gasteiger partial charge in [0.2, 0.25) is 15.9 Å². The highest BCUT2D eigenvalue weighted by molar-refractivity contribution is 7.89. The maximum absolute atomic E-state index is 13.3. The van der Waals surface area contributed by atoms with Gasteiger partial charge in [-0.25, -0.2) is 13.2 Å². The average Bonchev–Trinajstić information content (AvgIpc) is 3.44. The Morgan fingerprint density at radius 2 is 1.76 bits per heavy atom. The van der Waals surface area contributed by atoms with Crippen LogP contribution in [-0.4, -0.2) is 55.1 Å². The van der Waals surface area contributed by atoms with E-state index in [1.807, 2.05) is 19.1 Å². The molecule has 2 aliphatic rings. The number of aryl methyl sites for hydroxylation is 1. The van der Waals surface area contributed by atoms with Crippen LogP contribution in [-0.2, 0) is 25.2 Å². The minimum atomic E-state index is -3.64. The molecule has 2 fully saturated rings. The van der Waals surface area contributed by atoms with E-state index in [2.05, 4.69) is 10.6 Å². The van der Waals surface area contributed by atoms with Gasteiger partial charge in [0.25, 0.3) is 5.91 Å². The number of rotatable bonds is 7. The van der Waals surface area contributed by atoms with E-state index < -0.39 is 40.0 Å². The molecule has 0 aliphatic carbocycles. The molecule has 1 atom stereocenters. The van der Waals surface area contributed by atoms with Crippen LogP contribution in [0.25, 0.3) is 0 Å². The molecule has 0 saturated carbocycles. The highest BCUT2D eigenvalue weighted by atomic mass is 32.2. The molecule has 2 heterocycles. The average molecular weight is 485 g/mol. The number of amides is 4. The molecule has 10 heteroatoms. The van der Waals surface area contributed by atoms with Gasteiger partial charge in [0.05, 0.1) is 4.90 Å². The van der Waals surface area contributed by atoms with Crippen molar-refractivity contribution in [2.24, 2.45) is 0 Å². The first-order valence-electron chi connectivity index (χ1n) is 11.3. The lowest BCUT2D eigenvalue weighted by molar-refractivity contribution is -0.134. The summed E-state index contributed by atoms with van der Waals surface area (Å²) in [6.45, 7) is 4.20. The van der Waals surface area contributed by atoms with E-state index in [-0.39, 0.29) is 10.6 Å². The zero-order chi connectivity index (χ0) is 24.5. The minimum absolute atomic E-state index is 0.0894. The molecule has 9 nitrogen and oxygen atoms in total. The Morgan fingerprint density at radius 1 is 1.09 bits per heavy atom. The van der Waals surface area contributed by atoms with Gasteiger partial charge in [-0.15, -0.1) is 0 Å². The van der Waals surface area contributed by atoms with Crippen molar-refractivity contribution in [3.63, 3.8) is 0 Å². The van der Waals surface area contributed by atoms with Gasteiger partial charge < -0.3 is 10.6 Å². The van der Waals surface area contributed by atoms with Crippen molar-refractivity contribution in [1.29, 1.82) is 0 Å². The second-order valence-corrected chi connectivity index (χ2v) is 10.6. The monoisotopic (exact) mass is 484 g/mol. The normalized spacial score (nSPS) is 21.1. The maximum atomic E-state index is 13.3. The van der Waals surface area contributed by atoms with Gasteiger partial charge >= 0.3 is 6.03 Å². The smallest absolute Gasteiger partial charge is 0.324 e. The van der Waals surface area contributed by atoms with E-state index in [0.29, 0.717) is 25.1 Å². The molecule has 2 aromatic rings. The van der Waals surface area contributed by atoms with Gasteiger partial charge in [-0.3, -0.25) is 14.5 Å². The summed E-state index contributed by atoms with van der Waals surface area (Å²) >= 11 is 0. The summed E-state index contributed by atoms with van der Waals surface area (Å²) in [7, 11) is -3.64. The second-order valence-electron chi connectivity index (χ2n) is 8.63. The molecule has 2 aromatic carbocycles. The van der Waals surface area contributed by atoms with Gasteiger partial charge in [-0.1, -0.05) is 42.8 Å². The van der Waals surface area contributed by atoms with Crippen molar-refractivity contribution in [3.05, 3.63) is 59.7 Å². The maximum Gasteiger partial charge on any atom is 0.325 e. The van der Waals surface area contributed by atoms with E-state index >= 15 is 0 Å². The topological polar surface area (TPSA) is 116 Å². The van der Waals surface area contributed by atoms with Crippen LogP contribution in [0.4, 0.5) is 10.5 Å². The third-order valence-electron chi connectivity index (χ3n) is 6.37. The van der Waals surface area contributed by atoms with E-state index in [0.717, 1.165) is 23.3 Å². The molecule has 34 heavy (non-hydrogen) atoms. The minimum Gasteiger partial charge on any atom is -0.324 e. The number of nitrogens with zero attached hydrogens (tertiary/aromatic N) is 2. The first kappa shape index (κ1) is 23.9. The van der Waals surface area contributed by atoms with E-state index in [1.165, 1.54) is 16.4 Å². The number of benzene rings is 2. The summed E-state index contributed by atoms with van der Waals surface area (Å²) in [5.74, 6) is -1.10. The predicted molar refractivity (Wildman–Crippen MR) is 126 cm³/mol. The number of sulfonamides is 1. The van der Waals surface area contributed by atoms with Crippen molar-refractivity contribution in [1.82, 2.24) is 14.5 Å². The molecule has 2 N–H and O–H groups in total. The van der Waals surface area contributed by atoms with Gasteiger partial charge in [-0.05, 0) is 49.9 Å². The second kappa shape index (κ2) is 9.19. The molecule has 180 valence electrons. The summed E-state index contributed by atoms with van der Waals surface area (Å²) in [5, 5.41) is 5.36. The lowest BCUT2D eigenvalue weighted by Crippen LogP contribution is -2.44. The van der Waals surface area contributed by atoms with Crippen LogP contribution in [0.3, 0.4) is 0 Å². The van der Waals surface area contributed by atoms with Gasteiger partial charge in [0.1, 0.15) is 12.1 Å². The zero-order valence-corrected chi connectivity index (χ0v) is 20.0. The van der Waals surface area contributed by atoms with Crippen molar-refractivity contribution >= 4 is 33.6 Å². The van der Waals surface area contributed by atoms with E-state index in [1.54, 1.807) is 31.2 Å². The Kier molecular flexibility index (Phi) is 6.46. The van der Waals surface area contributed by atoms with E-state index in [9.17, 15) is 22.8 Å². The lowest BCUT2D eigenvalue weighted by atomic mass is 9.87. The number of anilines is 1. The standard InChI is InChI=1S/C24H28N4O5S/c1-3-24(18-11-9-17(2)10-12-18)22(30)28(23(31)26-24)16-21(29)25-19-7-6-8-20(15-19)34(32,33)27-13-4-5-14-27/h6-12,15H,3-5,13-14,16H2,1-2H3,(H,25,29)(H,26,31). The highest BCUT2D eigenvalue weighted by Gasteiger charge is 2.51. The fourth-order valence-corrected chi connectivity index (χ4v) is 5.97. The Morgan fingerprint density at radius 3 is 2.41 bits per heavy atom. The Bertz CT molecular complexity index is 1220. The number of nitrogens with one attached hydrogen (secondary N) is 2. The van der Waals surface area contributed by atoms with E-state index in [4.69, 9.17) is 0 Å².